The molecule has 0 bridgehead atoms. The van der Waals surface area contributed by atoms with E-state index in [1.54, 1.807) is 0 Å². The van der Waals surface area contributed by atoms with Gasteiger partial charge >= 0.3 is 5.97 Å². The molecular formula is C23H27FN2O6. The summed E-state index contributed by atoms with van der Waals surface area (Å²) in [5, 5.41) is 13.0. The van der Waals surface area contributed by atoms with Gasteiger partial charge in [-0.05, 0) is 12.1 Å². The summed E-state index contributed by atoms with van der Waals surface area (Å²) in [5.74, 6) is -3.29. The van der Waals surface area contributed by atoms with Crippen LogP contribution in [-0.4, -0.2) is 53.1 Å². The van der Waals surface area contributed by atoms with Crippen LogP contribution in [0, 0.1) is 0 Å². The molecule has 1 unspecified atom stereocenters. The Kier molecular flexibility index (Phi) is 11.1. The molecule has 3 rings (SSSR count). The summed E-state index contributed by atoms with van der Waals surface area (Å²) >= 11 is 0. The van der Waals surface area contributed by atoms with E-state index < -0.39 is 43.4 Å². The topological polar surface area (TPSA) is 115 Å². The smallest absolute Gasteiger partial charge is 0.305 e. The summed E-state index contributed by atoms with van der Waals surface area (Å²) in [5.41, 5.74) is 2.60. The number of nitrogens with one attached hydrogen (secondary N) is 1. The molecule has 3 aromatic rings. The van der Waals surface area contributed by atoms with Crippen molar-refractivity contribution in [3.8, 4) is 0 Å². The molecule has 0 saturated carbocycles. The SMILES string of the molecule is CC.Cn1c2ccccc2c2ccccc21.O=COCC(=O)NC(CC(=O)O)C(=O)CF. The van der Waals surface area contributed by atoms with Crippen LogP contribution in [0.1, 0.15) is 20.3 Å². The number of alkyl halides is 1. The van der Waals surface area contributed by atoms with Crippen LogP contribution in [0.2, 0.25) is 0 Å². The van der Waals surface area contributed by atoms with Gasteiger partial charge in [0.15, 0.2) is 12.4 Å². The van der Waals surface area contributed by atoms with E-state index in [-0.39, 0.29) is 6.47 Å². The van der Waals surface area contributed by atoms with Gasteiger partial charge in [-0.1, -0.05) is 50.2 Å². The Bertz CT molecular complexity index is 1010. The Labute approximate surface area is 185 Å². The lowest BCUT2D eigenvalue weighted by Crippen LogP contribution is -2.44. The van der Waals surface area contributed by atoms with Crippen molar-refractivity contribution < 1.29 is 33.4 Å². The molecule has 0 aliphatic carbocycles. The first-order valence-electron chi connectivity index (χ1n) is 9.96. The summed E-state index contributed by atoms with van der Waals surface area (Å²) in [7, 11) is 2.12. The van der Waals surface area contributed by atoms with Crippen molar-refractivity contribution in [2.75, 3.05) is 13.3 Å². The number of aryl methyl sites for hydroxylation is 1. The quantitative estimate of drug-likeness (QED) is 0.514. The number of hydrogen-bond donors (Lipinski definition) is 2. The van der Waals surface area contributed by atoms with Crippen LogP contribution in [-0.2, 0) is 31.0 Å². The lowest BCUT2D eigenvalue weighted by atomic mass is 10.1. The van der Waals surface area contributed by atoms with Gasteiger partial charge in [-0.3, -0.25) is 19.2 Å². The second-order valence-electron chi connectivity index (χ2n) is 6.32. The minimum atomic E-state index is -1.45. The fraction of sp³-hybridized carbons (Fsp3) is 0.304. The predicted octanol–water partition coefficient (Wildman–Crippen LogP) is 3.02. The number of Topliss-reactive ketones (excluding diaryl/α,β-unsaturated/α-hetero) is 1. The molecule has 0 spiro atoms. The van der Waals surface area contributed by atoms with Crippen molar-refractivity contribution in [3.05, 3.63) is 48.5 Å². The third kappa shape index (κ3) is 7.19. The van der Waals surface area contributed by atoms with Gasteiger partial charge in [0.25, 0.3) is 12.4 Å². The van der Waals surface area contributed by atoms with E-state index in [1.165, 1.54) is 21.8 Å². The zero-order valence-corrected chi connectivity index (χ0v) is 18.2. The van der Waals surface area contributed by atoms with E-state index in [0.717, 1.165) is 0 Å². The largest absolute Gasteiger partial charge is 0.481 e. The summed E-state index contributed by atoms with van der Waals surface area (Å²) in [6.07, 6.45) is -0.727. The molecule has 0 aliphatic heterocycles. The van der Waals surface area contributed by atoms with Crippen LogP contribution in [0.4, 0.5) is 4.39 Å². The van der Waals surface area contributed by atoms with Gasteiger partial charge in [0, 0.05) is 28.9 Å². The second kappa shape index (κ2) is 13.5. The van der Waals surface area contributed by atoms with Gasteiger partial charge < -0.3 is 19.7 Å². The molecule has 32 heavy (non-hydrogen) atoms. The molecule has 2 aromatic carbocycles. The maximum absolute atomic E-state index is 12.0. The number of carboxylic acids is 1. The molecule has 0 saturated heterocycles. The van der Waals surface area contributed by atoms with Gasteiger partial charge in [-0.2, -0.15) is 0 Å². The van der Waals surface area contributed by atoms with E-state index in [1.807, 2.05) is 19.2 Å². The van der Waals surface area contributed by atoms with Crippen LogP contribution >= 0.6 is 0 Å². The van der Waals surface area contributed by atoms with Gasteiger partial charge in [-0.15, -0.1) is 0 Å². The number of carboxylic acid groups (broad SMARTS) is 1. The number of rotatable bonds is 8. The number of benzene rings is 2. The van der Waals surface area contributed by atoms with Crippen LogP contribution in [0.3, 0.4) is 0 Å². The van der Waals surface area contributed by atoms with Crippen molar-refractivity contribution in [1.82, 2.24) is 9.88 Å². The number of amides is 1. The Balaban J connectivity index is 0.000000298. The van der Waals surface area contributed by atoms with E-state index in [0.29, 0.717) is 0 Å². The number of hydrogen-bond acceptors (Lipinski definition) is 5. The number of halogens is 1. The molecule has 172 valence electrons. The molecular weight excluding hydrogens is 419 g/mol. The van der Waals surface area contributed by atoms with Gasteiger partial charge in [0.2, 0.25) is 0 Å². The predicted molar refractivity (Wildman–Crippen MR) is 119 cm³/mol. The molecule has 1 amide bonds. The first kappa shape index (κ1) is 26.3. The van der Waals surface area contributed by atoms with Crippen LogP contribution in [0.5, 0.6) is 0 Å². The molecule has 1 atom stereocenters. The Morgan fingerprint density at radius 3 is 2.00 bits per heavy atom. The number of ketones is 1. The van der Waals surface area contributed by atoms with Crippen molar-refractivity contribution >= 4 is 45.9 Å². The number of aromatic nitrogens is 1. The fourth-order valence-electron chi connectivity index (χ4n) is 2.98. The highest BCUT2D eigenvalue weighted by molar-refractivity contribution is 6.07. The van der Waals surface area contributed by atoms with Crippen LogP contribution in [0.25, 0.3) is 21.8 Å². The van der Waals surface area contributed by atoms with Crippen molar-refractivity contribution in [3.63, 3.8) is 0 Å². The summed E-state index contributed by atoms with van der Waals surface area (Å²) < 4.78 is 18.3. The summed E-state index contributed by atoms with van der Waals surface area (Å²) in [6, 6.07) is 15.6. The molecule has 1 heterocycles. The lowest BCUT2D eigenvalue weighted by Gasteiger charge is -2.13. The van der Waals surface area contributed by atoms with Gasteiger partial charge in [-0.25, -0.2) is 4.39 Å². The highest BCUT2D eigenvalue weighted by atomic mass is 19.1. The second-order valence-corrected chi connectivity index (χ2v) is 6.32. The standard InChI is InChI=1S/C13H11N.C8H10FNO6.C2H6/c1-14-12-8-4-2-6-10(12)11-7-3-5-9-13(11)14;9-2-6(12)5(1-8(14)15)10-7(13)3-16-4-11;1-2/h2-9H,1H3;4-5H,1-3H2,(H,10,13)(H,14,15);1-2H3. The molecule has 9 heteroatoms. The monoisotopic (exact) mass is 446 g/mol. The Morgan fingerprint density at radius 2 is 1.56 bits per heavy atom. The summed E-state index contributed by atoms with van der Waals surface area (Å²) in [6.45, 7) is 1.98. The van der Waals surface area contributed by atoms with Crippen molar-refractivity contribution in [1.29, 1.82) is 0 Å². The molecule has 1 aromatic heterocycles. The molecule has 0 radical (unpaired) electrons. The number of aliphatic carboxylic acids is 1. The minimum absolute atomic E-state index is 0.0166. The number of ether oxygens (including phenoxy) is 1. The fourth-order valence-corrected chi connectivity index (χ4v) is 2.98. The molecule has 0 aliphatic rings. The van der Waals surface area contributed by atoms with Crippen molar-refractivity contribution in [2.45, 2.75) is 26.3 Å². The Morgan fingerprint density at radius 1 is 1.06 bits per heavy atom. The lowest BCUT2D eigenvalue weighted by molar-refractivity contribution is -0.142. The number of para-hydroxylation sites is 2. The number of carbonyl (C=O) groups excluding carboxylic acids is 3. The average Bonchev–Trinajstić information content (AvgIpc) is 3.11. The maximum atomic E-state index is 12.0. The average molecular weight is 446 g/mol. The minimum Gasteiger partial charge on any atom is -0.481 e. The van der Waals surface area contributed by atoms with E-state index in [2.05, 4.69) is 64.9 Å². The first-order valence-corrected chi connectivity index (χ1v) is 9.96. The zero-order valence-electron chi connectivity index (χ0n) is 18.2. The van der Waals surface area contributed by atoms with Crippen molar-refractivity contribution in [2.24, 2.45) is 7.05 Å². The number of fused-ring (bicyclic) bond motifs is 3. The molecule has 2 N–H and O–H groups in total. The highest BCUT2D eigenvalue weighted by Crippen LogP contribution is 2.27. The third-order valence-corrected chi connectivity index (χ3v) is 4.34. The van der Waals surface area contributed by atoms with Crippen LogP contribution in [0.15, 0.2) is 48.5 Å². The third-order valence-electron chi connectivity index (χ3n) is 4.34. The summed E-state index contributed by atoms with van der Waals surface area (Å²) in [4.78, 5) is 41.9. The van der Waals surface area contributed by atoms with E-state index >= 15 is 0 Å². The number of nitrogens with zero attached hydrogens (tertiary/aromatic N) is 1. The first-order chi connectivity index (χ1) is 15.4. The maximum Gasteiger partial charge on any atom is 0.305 e. The van der Waals surface area contributed by atoms with Crippen LogP contribution < -0.4 is 5.32 Å². The highest BCUT2D eigenvalue weighted by Gasteiger charge is 2.23. The van der Waals surface area contributed by atoms with Gasteiger partial charge in [0.1, 0.15) is 12.7 Å². The molecule has 0 fully saturated rings. The normalized spacial score (nSPS) is 10.8. The van der Waals surface area contributed by atoms with Gasteiger partial charge in [0.05, 0.1) is 6.42 Å². The molecule has 8 nitrogen and oxygen atoms in total. The van der Waals surface area contributed by atoms with E-state index in [4.69, 9.17) is 5.11 Å². The Hall–Kier alpha value is -3.75. The van der Waals surface area contributed by atoms with E-state index in [9.17, 15) is 23.6 Å². The number of carbonyl (C=O) groups is 4. The zero-order chi connectivity index (χ0) is 24.1.